The molecule has 0 spiro atoms. The first kappa shape index (κ1) is 29.1. The van der Waals surface area contributed by atoms with E-state index in [2.05, 4.69) is 98.8 Å². The van der Waals surface area contributed by atoms with Gasteiger partial charge in [-0.05, 0) is 109 Å². The average molecular weight is 545 g/mol. The van der Waals surface area contributed by atoms with Crippen LogP contribution in [0.1, 0.15) is 103 Å². The molecular formula is C40H45F. The van der Waals surface area contributed by atoms with Crippen LogP contribution in [0.15, 0.2) is 97.1 Å². The molecule has 0 aliphatic heterocycles. The molecule has 1 aliphatic carbocycles. The molecule has 5 rings (SSSR count). The minimum Gasteiger partial charge on any atom is -0.206 e. The molecule has 0 saturated heterocycles. The van der Waals surface area contributed by atoms with Gasteiger partial charge in [0.2, 0.25) is 0 Å². The second-order valence-electron chi connectivity index (χ2n) is 12.2. The molecule has 0 radical (unpaired) electrons. The molecule has 0 unspecified atom stereocenters. The van der Waals surface area contributed by atoms with Crippen molar-refractivity contribution >= 4 is 12.2 Å². The monoisotopic (exact) mass is 544 g/mol. The Hall–Kier alpha value is -3.45. The number of benzene rings is 4. The molecule has 1 atom stereocenters. The molecule has 1 saturated carbocycles. The Bertz CT molecular complexity index is 1370. The molecule has 4 aromatic rings. The highest BCUT2D eigenvalue weighted by molar-refractivity contribution is 5.70. The lowest BCUT2D eigenvalue weighted by Gasteiger charge is -2.30. The topological polar surface area (TPSA) is 0 Å². The van der Waals surface area contributed by atoms with Crippen molar-refractivity contribution in [2.24, 2.45) is 5.92 Å². The highest BCUT2D eigenvalue weighted by atomic mass is 19.1. The van der Waals surface area contributed by atoms with Gasteiger partial charge >= 0.3 is 0 Å². The summed E-state index contributed by atoms with van der Waals surface area (Å²) in [6.45, 7) is 4.58. The van der Waals surface area contributed by atoms with Gasteiger partial charge in [-0.15, -0.1) is 0 Å². The summed E-state index contributed by atoms with van der Waals surface area (Å²) in [6.07, 6.45) is 14.5. The van der Waals surface area contributed by atoms with Gasteiger partial charge in [-0.3, -0.25) is 0 Å². The SMILES string of the molecule is CCCc1ccc(CCc2ccc(C=Cc3ccc(C4CCC(C[C@@H](C)c5ccccc5)CC4)cc3)c(F)c2)cc1. The number of hydrogen-bond acceptors (Lipinski definition) is 0. The van der Waals surface area contributed by atoms with Crippen LogP contribution in [-0.4, -0.2) is 0 Å². The fourth-order valence-electron chi connectivity index (χ4n) is 6.53. The standard InChI is InChI=1S/C40H45F/c1-3-7-31-10-12-32(13-11-31)14-15-35-21-27-39(40(41)29-35)26-18-33-16-22-37(23-17-33)38-24-19-34(20-25-38)28-30(2)36-8-5-4-6-9-36/h4-6,8-13,16-18,21-23,26-27,29-30,34,38H,3,7,14-15,19-20,24-25,28H2,1-2H3/t30-,34?,38?/m1/s1. The molecule has 0 amide bonds. The predicted octanol–water partition coefficient (Wildman–Crippen LogP) is 11.2. The fourth-order valence-corrected chi connectivity index (χ4v) is 6.53. The maximum atomic E-state index is 14.9. The van der Waals surface area contributed by atoms with Crippen LogP contribution < -0.4 is 0 Å². The average Bonchev–Trinajstić information content (AvgIpc) is 3.01. The van der Waals surface area contributed by atoms with Gasteiger partial charge in [-0.2, -0.15) is 0 Å². The summed E-state index contributed by atoms with van der Waals surface area (Å²) in [5.41, 5.74) is 8.43. The summed E-state index contributed by atoms with van der Waals surface area (Å²) in [6, 6.07) is 34.4. The minimum absolute atomic E-state index is 0.146. The Morgan fingerprint density at radius 3 is 2.00 bits per heavy atom. The van der Waals surface area contributed by atoms with Gasteiger partial charge in [0, 0.05) is 5.56 Å². The van der Waals surface area contributed by atoms with E-state index in [1.165, 1.54) is 60.8 Å². The molecular weight excluding hydrogens is 499 g/mol. The van der Waals surface area contributed by atoms with E-state index in [1.54, 1.807) is 6.07 Å². The Morgan fingerprint density at radius 1 is 0.707 bits per heavy atom. The molecule has 0 aromatic heterocycles. The molecule has 0 nitrogen and oxygen atoms in total. The number of aryl methyl sites for hydroxylation is 3. The van der Waals surface area contributed by atoms with Crippen LogP contribution in [0.3, 0.4) is 0 Å². The third kappa shape index (κ3) is 8.29. The molecule has 0 bridgehead atoms. The highest BCUT2D eigenvalue weighted by Gasteiger charge is 2.24. The summed E-state index contributed by atoms with van der Waals surface area (Å²) >= 11 is 0. The summed E-state index contributed by atoms with van der Waals surface area (Å²) in [7, 11) is 0. The smallest absolute Gasteiger partial charge is 0.130 e. The Balaban J connectivity index is 1.10. The molecule has 1 heteroatoms. The van der Waals surface area contributed by atoms with Crippen LogP contribution in [-0.2, 0) is 19.3 Å². The van der Waals surface area contributed by atoms with Gasteiger partial charge in [0.25, 0.3) is 0 Å². The van der Waals surface area contributed by atoms with Crippen molar-refractivity contribution < 1.29 is 4.39 Å². The number of halogens is 1. The van der Waals surface area contributed by atoms with E-state index in [1.807, 2.05) is 18.2 Å². The van der Waals surface area contributed by atoms with Crippen molar-refractivity contribution in [3.05, 3.63) is 142 Å². The Kier molecular flexibility index (Phi) is 10.2. The number of hydrogen-bond donors (Lipinski definition) is 0. The first-order chi connectivity index (χ1) is 20.1. The predicted molar refractivity (Wildman–Crippen MR) is 174 cm³/mol. The van der Waals surface area contributed by atoms with Crippen LogP contribution in [0.25, 0.3) is 12.2 Å². The molecule has 1 fully saturated rings. The number of rotatable bonds is 11. The summed E-state index contributed by atoms with van der Waals surface area (Å²) in [5, 5.41) is 0. The van der Waals surface area contributed by atoms with Crippen molar-refractivity contribution in [3.63, 3.8) is 0 Å². The van der Waals surface area contributed by atoms with E-state index in [0.717, 1.165) is 36.3 Å². The largest absolute Gasteiger partial charge is 0.206 e. The Labute approximate surface area is 247 Å². The van der Waals surface area contributed by atoms with Crippen LogP contribution in [0.2, 0.25) is 0 Å². The lowest BCUT2D eigenvalue weighted by Crippen LogP contribution is -2.15. The van der Waals surface area contributed by atoms with Gasteiger partial charge in [0.15, 0.2) is 0 Å². The zero-order chi connectivity index (χ0) is 28.4. The molecule has 41 heavy (non-hydrogen) atoms. The quantitative estimate of drug-likeness (QED) is 0.165. The van der Waals surface area contributed by atoms with Gasteiger partial charge in [-0.25, -0.2) is 4.39 Å². The molecule has 0 N–H and O–H groups in total. The van der Waals surface area contributed by atoms with Gasteiger partial charge in [0.1, 0.15) is 5.82 Å². The van der Waals surface area contributed by atoms with Gasteiger partial charge < -0.3 is 0 Å². The molecule has 0 heterocycles. The second-order valence-corrected chi connectivity index (χ2v) is 12.2. The maximum absolute atomic E-state index is 14.9. The van der Waals surface area contributed by atoms with Crippen molar-refractivity contribution in [1.29, 1.82) is 0 Å². The molecule has 4 aromatic carbocycles. The van der Waals surface area contributed by atoms with Crippen molar-refractivity contribution in [3.8, 4) is 0 Å². The van der Waals surface area contributed by atoms with E-state index < -0.39 is 0 Å². The van der Waals surface area contributed by atoms with Crippen LogP contribution in [0, 0.1) is 11.7 Å². The van der Waals surface area contributed by atoms with Crippen molar-refractivity contribution in [2.75, 3.05) is 0 Å². The summed E-state index contributed by atoms with van der Waals surface area (Å²) in [5.74, 6) is 1.99. The van der Waals surface area contributed by atoms with Gasteiger partial charge in [0.05, 0.1) is 0 Å². The van der Waals surface area contributed by atoms with Crippen molar-refractivity contribution in [1.82, 2.24) is 0 Å². The van der Waals surface area contributed by atoms with E-state index >= 15 is 0 Å². The second kappa shape index (κ2) is 14.4. The normalized spacial score (nSPS) is 18.0. The van der Waals surface area contributed by atoms with Crippen LogP contribution >= 0.6 is 0 Å². The third-order valence-electron chi connectivity index (χ3n) is 9.09. The third-order valence-corrected chi connectivity index (χ3v) is 9.09. The summed E-state index contributed by atoms with van der Waals surface area (Å²) in [4.78, 5) is 0. The lowest BCUT2D eigenvalue weighted by atomic mass is 9.75. The maximum Gasteiger partial charge on any atom is 0.130 e. The van der Waals surface area contributed by atoms with E-state index in [9.17, 15) is 4.39 Å². The first-order valence-electron chi connectivity index (χ1n) is 15.8. The zero-order valence-corrected chi connectivity index (χ0v) is 24.9. The Morgan fingerprint density at radius 2 is 1.34 bits per heavy atom. The zero-order valence-electron chi connectivity index (χ0n) is 24.9. The fraction of sp³-hybridized carbons (Fsp3) is 0.350. The molecule has 212 valence electrons. The highest BCUT2D eigenvalue weighted by Crippen LogP contribution is 2.39. The molecule has 1 aliphatic rings. The van der Waals surface area contributed by atoms with E-state index in [0.29, 0.717) is 17.4 Å². The minimum atomic E-state index is -0.146. The van der Waals surface area contributed by atoms with E-state index in [-0.39, 0.29) is 5.82 Å². The first-order valence-corrected chi connectivity index (χ1v) is 15.8. The lowest BCUT2D eigenvalue weighted by molar-refractivity contribution is 0.297. The van der Waals surface area contributed by atoms with E-state index in [4.69, 9.17) is 0 Å². The van der Waals surface area contributed by atoms with Crippen molar-refractivity contribution in [2.45, 2.75) is 83.5 Å². The van der Waals surface area contributed by atoms with Gasteiger partial charge in [-0.1, -0.05) is 123 Å². The van der Waals surface area contributed by atoms with Crippen LogP contribution in [0.5, 0.6) is 0 Å². The summed E-state index contributed by atoms with van der Waals surface area (Å²) < 4.78 is 14.9. The van der Waals surface area contributed by atoms with Crippen LogP contribution in [0.4, 0.5) is 4.39 Å².